The normalized spacial score (nSPS) is 13.2. The van der Waals surface area contributed by atoms with Crippen LogP contribution in [0.1, 0.15) is 40.2 Å². The smallest absolute Gasteiger partial charge is 0.413 e. The second-order valence-corrected chi connectivity index (χ2v) is 6.58. The van der Waals surface area contributed by atoms with Crippen LogP contribution >= 0.6 is 0 Å². The standard InChI is InChI=1S/C15H28N4O3/c1-10(2)12(9-21-6)16-7-11-8-17-19-13(11)18-14(20)22-15(3,4)5/h8,10,12,16H,7,9H2,1-6H3,(H2,17,18,19,20). The number of carbonyl (C=O) groups is 1. The second-order valence-electron chi connectivity index (χ2n) is 6.58. The summed E-state index contributed by atoms with van der Waals surface area (Å²) in [5.74, 6) is 0.982. The molecular weight excluding hydrogens is 284 g/mol. The molecule has 0 aromatic carbocycles. The van der Waals surface area contributed by atoms with Crippen LogP contribution in [0.15, 0.2) is 6.20 Å². The highest BCUT2D eigenvalue weighted by Gasteiger charge is 2.19. The minimum absolute atomic E-state index is 0.231. The van der Waals surface area contributed by atoms with Gasteiger partial charge in [-0.25, -0.2) is 4.79 Å². The molecule has 1 aromatic heterocycles. The summed E-state index contributed by atoms with van der Waals surface area (Å²) in [7, 11) is 1.68. The number of amides is 1. The number of hydrogen-bond acceptors (Lipinski definition) is 5. The number of hydrogen-bond donors (Lipinski definition) is 3. The number of rotatable bonds is 7. The summed E-state index contributed by atoms with van der Waals surface area (Å²) in [5.41, 5.74) is 0.330. The van der Waals surface area contributed by atoms with Crippen LogP contribution in [0.25, 0.3) is 0 Å². The lowest BCUT2D eigenvalue weighted by Gasteiger charge is -2.22. The summed E-state index contributed by atoms with van der Waals surface area (Å²) in [6.07, 6.45) is 1.18. The molecule has 0 saturated carbocycles. The molecule has 1 heterocycles. The van der Waals surface area contributed by atoms with Crippen LogP contribution in [0, 0.1) is 5.92 Å². The van der Waals surface area contributed by atoms with Gasteiger partial charge in [0, 0.05) is 25.3 Å². The van der Waals surface area contributed by atoms with Crippen molar-refractivity contribution in [3.05, 3.63) is 11.8 Å². The summed E-state index contributed by atoms with van der Waals surface area (Å²) in [6.45, 7) is 10.9. The van der Waals surface area contributed by atoms with E-state index in [1.807, 2.05) is 20.8 Å². The van der Waals surface area contributed by atoms with E-state index in [9.17, 15) is 4.79 Å². The Morgan fingerprint density at radius 3 is 2.64 bits per heavy atom. The van der Waals surface area contributed by atoms with Crippen LogP contribution in [0.5, 0.6) is 0 Å². The predicted molar refractivity (Wildman–Crippen MR) is 85.8 cm³/mol. The Balaban J connectivity index is 2.60. The van der Waals surface area contributed by atoms with E-state index in [1.165, 1.54) is 0 Å². The first kappa shape index (κ1) is 18.4. The Hall–Kier alpha value is -1.60. The maximum Gasteiger partial charge on any atom is 0.413 e. The maximum atomic E-state index is 11.8. The number of ether oxygens (including phenoxy) is 2. The predicted octanol–water partition coefficient (Wildman–Crippen LogP) is 2.52. The van der Waals surface area contributed by atoms with E-state index in [4.69, 9.17) is 9.47 Å². The van der Waals surface area contributed by atoms with Gasteiger partial charge in [0.25, 0.3) is 0 Å². The molecule has 1 unspecified atom stereocenters. The van der Waals surface area contributed by atoms with Gasteiger partial charge in [-0.3, -0.25) is 10.4 Å². The van der Waals surface area contributed by atoms with E-state index in [-0.39, 0.29) is 6.04 Å². The van der Waals surface area contributed by atoms with Crippen LogP contribution in [0.4, 0.5) is 10.6 Å². The van der Waals surface area contributed by atoms with Crippen molar-refractivity contribution in [2.75, 3.05) is 19.0 Å². The fraction of sp³-hybridized carbons (Fsp3) is 0.733. The maximum absolute atomic E-state index is 11.8. The number of anilines is 1. The van der Waals surface area contributed by atoms with Crippen molar-refractivity contribution in [3.8, 4) is 0 Å². The van der Waals surface area contributed by atoms with Crippen LogP contribution < -0.4 is 10.6 Å². The lowest BCUT2D eigenvalue weighted by Crippen LogP contribution is -2.37. The molecule has 0 fully saturated rings. The van der Waals surface area contributed by atoms with Crippen molar-refractivity contribution in [2.45, 2.75) is 52.8 Å². The van der Waals surface area contributed by atoms with E-state index in [0.29, 0.717) is 24.9 Å². The molecule has 0 bridgehead atoms. The van der Waals surface area contributed by atoms with Crippen molar-refractivity contribution in [1.29, 1.82) is 0 Å². The zero-order valence-corrected chi connectivity index (χ0v) is 14.3. The molecule has 1 rings (SSSR count). The quantitative estimate of drug-likeness (QED) is 0.720. The van der Waals surface area contributed by atoms with Crippen LogP contribution in [-0.4, -0.2) is 41.7 Å². The summed E-state index contributed by atoms with van der Waals surface area (Å²) in [6, 6.07) is 0.231. The molecule has 1 atom stereocenters. The highest BCUT2D eigenvalue weighted by molar-refractivity contribution is 5.84. The fourth-order valence-corrected chi connectivity index (χ4v) is 1.87. The number of H-pyrrole nitrogens is 1. The van der Waals surface area contributed by atoms with E-state index < -0.39 is 11.7 Å². The SMILES string of the molecule is COCC(NCc1cn[nH]c1NC(=O)OC(C)(C)C)C(C)C. The van der Waals surface area contributed by atoms with Crippen molar-refractivity contribution in [1.82, 2.24) is 15.5 Å². The van der Waals surface area contributed by atoms with E-state index >= 15 is 0 Å². The van der Waals surface area contributed by atoms with Gasteiger partial charge in [-0.15, -0.1) is 0 Å². The molecule has 0 aliphatic heterocycles. The van der Waals surface area contributed by atoms with Gasteiger partial charge in [0.15, 0.2) is 0 Å². The molecule has 0 aliphatic carbocycles. The summed E-state index contributed by atoms with van der Waals surface area (Å²) >= 11 is 0. The highest BCUT2D eigenvalue weighted by atomic mass is 16.6. The number of methoxy groups -OCH3 is 1. The third kappa shape index (κ3) is 6.44. The van der Waals surface area contributed by atoms with Crippen LogP contribution in [0.3, 0.4) is 0 Å². The van der Waals surface area contributed by atoms with Gasteiger partial charge >= 0.3 is 6.09 Å². The lowest BCUT2D eigenvalue weighted by molar-refractivity contribution is 0.0635. The number of nitrogens with zero attached hydrogens (tertiary/aromatic N) is 1. The number of carbonyl (C=O) groups excluding carboxylic acids is 1. The third-order valence-electron chi connectivity index (χ3n) is 3.05. The van der Waals surface area contributed by atoms with Crippen molar-refractivity contribution < 1.29 is 14.3 Å². The zero-order valence-electron chi connectivity index (χ0n) is 14.3. The Bertz CT molecular complexity index is 466. The number of nitrogens with one attached hydrogen (secondary N) is 3. The third-order valence-corrected chi connectivity index (χ3v) is 3.05. The molecular formula is C15H28N4O3. The number of aromatic nitrogens is 2. The average molecular weight is 312 g/mol. The molecule has 7 heteroatoms. The monoisotopic (exact) mass is 312 g/mol. The van der Waals surface area contributed by atoms with E-state index in [0.717, 1.165) is 5.56 Å². The molecule has 1 amide bonds. The van der Waals surface area contributed by atoms with Crippen LogP contribution in [-0.2, 0) is 16.0 Å². The Labute approximate surface area is 132 Å². The van der Waals surface area contributed by atoms with Gasteiger partial charge < -0.3 is 14.8 Å². The highest BCUT2D eigenvalue weighted by Crippen LogP contribution is 2.14. The average Bonchev–Trinajstić information content (AvgIpc) is 2.79. The van der Waals surface area contributed by atoms with Crippen molar-refractivity contribution >= 4 is 11.9 Å². The van der Waals surface area contributed by atoms with Gasteiger partial charge in [0.05, 0.1) is 12.8 Å². The molecule has 0 spiro atoms. The summed E-state index contributed by atoms with van der Waals surface area (Å²) in [4.78, 5) is 11.8. The van der Waals surface area contributed by atoms with Crippen molar-refractivity contribution in [2.24, 2.45) is 5.92 Å². The molecule has 1 aromatic rings. The van der Waals surface area contributed by atoms with E-state index in [2.05, 4.69) is 34.7 Å². The van der Waals surface area contributed by atoms with Gasteiger partial charge in [-0.1, -0.05) is 13.8 Å². The fourth-order valence-electron chi connectivity index (χ4n) is 1.87. The van der Waals surface area contributed by atoms with E-state index in [1.54, 1.807) is 13.3 Å². The molecule has 7 nitrogen and oxygen atoms in total. The first-order chi connectivity index (χ1) is 10.2. The van der Waals surface area contributed by atoms with Crippen molar-refractivity contribution in [3.63, 3.8) is 0 Å². The lowest BCUT2D eigenvalue weighted by atomic mass is 10.1. The second kappa shape index (κ2) is 8.14. The largest absolute Gasteiger partial charge is 0.444 e. The molecule has 0 aliphatic rings. The zero-order chi connectivity index (χ0) is 16.8. The minimum Gasteiger partial charge on any atom is -0.444 e. The molecule has 0 saturated heterocycles. The Morgan fingerprint density at radius 1 is 1.41 bits per heavy atom. The Kier molecular flexibility index (Phi) is 6.83. The molecule has 3 N–H and O–H groups in total. The Morgan fingerprint density at radius 2 is 2.09 bits per heavy atom. The summed E-state index contributed by atoms with van der Waals surface area (Å²) < 4.78 is 10.4. The van der Waals surface area contributed by atoms with Gasteiger partial charge in [0.2, 0.25) is 0 Å². The number of aromatic amines is 1. The van der Waals surface area contributed by atoms with Gasteiger partial charge in [-0.2, -0.15) is 5.10 Å². The molecule has 126 valence electrons. The van der Waals surface area contributed by atoms with Gasteiger partial charge in [-0.05, 0) is 26.7 Å². The molecule has 0 radical (unpaired) electrons. The summed E-state index contributed by atoms with van der Waals surface area (Å²) in [5, 5.41) is 12.8. The van der Waals surface area contributed by atoms with Crippen LogP contribution in [0.2, 0.25) is 0 Å². The minimum atomic E-state index is -0.538. The first-order valence-corrected chi connectivity index (χ1v) is 7.47. The topological polar surface area (TPSA) is 88.3 Å². The first-order valence-electron chi connectivity index (χ1n) is 7.47. The molecule has 22 heavy (non-hydrogen) atoms. The van der Waals surface area contributed by atoms with Gasteiger partial charge in [0.1, 0.15) is 11.4 Å².